The second kappa shape index (κ2) is 5.04. The predicted molar refractivity (Wildman–Crippen MR) is 53.2 cm³/mol. The summed E-state index contributed by atoms with van der Waals surface area (Å²) in [5, 5.41) is 21.0. The van der Waals surface area contributed by atoms with Gasteiger partial charge in [0, 0.05) is 5.75 Å². The van der Waals surface area contributed by atoms with Gasteiger partial charge in [0.2, 0.25) is 0 Å². The third-order valence-corrected chi connectivity index (χ3v) is 2.38. The van der Waals surface area contributed by atoms with Crippen LogP contribution in [-0.2, 0) is 5.75 Å². The van der Waals surface area contributed by atoms with Crippen molar-refractivity contribution < 1.29 is 19.8 Å². The highest BCUT2D eigenvalue weighted by Gasteiger charge is 2.04. The van der Waals surface area contributed by atoms with E-state index < -0.39 is 23.3 Å². The largest absolute Gasteiger partial charge is 0.543 e. The molecule has 15 heavy (non-hydrogen) atoms. The molecule has 1 heterocycles. The summed E-state index contributed by atoms with van der Waals surface area (Å²) in [5.41, 5.74) is -0.355. The number of nitrogens with zero attached hydrogens (tertiary/aromatic N) is 1. The normalized spacial score (nSPS) is 9.93. The minimum Gasteiger partial charge on any atom is -0.543 e. The molecule has 0 bridgehead atoms. The molecule has 0 aliphatic heterocycles. The van der Waals surface area contributed by atoms with Crippen molar-refractivity contribution in [2.75, 3.05) is 0 Å². The SMILES string of the molecule is O=C([O-])c1cc(CSS)cc(C(=O)[O-])n1. The van der Waals surface area contributed by atoms with Gasteiger partial charge in [0.25, 0.3) is 0 Å². The first kappa shape index (κ1) is 11.9. The number of carboxylic acids is 2. The van der Waals surface area contributed by atoms with Gasteiger partial charge in [0.05, 0.1) is 23.3 Å². The molecular formula is C8H5NO4S2-2. The molecule has 0 N–H and O–H groups in total. The lowest BCUT2D eigenvalue weighted by Gasteiger charge is -2.09. The Morgan fingerprint density at radius 2 is 1.73 bits per heavy atom. The van der Waals surface area contributed by atoms with Crippen molar-refractivity contribution in [2.45, 2.75) is 5.75 Å². The van der Waals surface area contributed by atoms with Gasteiger partial charge in [0.15, 0.2) is 0 Å². The smallest absolute Gasteiger partial charge is 0.0900 e. The van der Waals surface area contributed by atoms with Gasteiger partial charge >= 0.3 is 0 Å². The molecule has 1 aromatic heterocycles. The maximum Gasteiger partial charge on any atom is 0.0900 e. The van der Waals surface area contributed by atoms with E-state index in [1.807, 2.05) is 0 Å². The Labute approximate surface area is 94.3 Å². The Morgan fingerprint density at radius 1 is 1.27 bits per heavy atom. The van der Waals surface area contributed by atoms with Crippen LogP contribution in [0.4, 0.5) is 0 Å². The zero-order valence-corrected chi connectivity index (χ0v) is 9.01. The van der Waals surface area contributed by atoms with Crippen LogP contribution in [0.25, 0.3) is 0 Å². The Balaban J connectivity index is 3.19. The van der Waals surface area contributed by atoms with Crippen molar-refractivity contribution in [1.29, 1.82) is 0 Å². The molecular weight excluding hydrogens is 238 g/mol. The first-order valence-electron chi connectivity index (χ1n) is 3.74. The van der Waals surface area contributed by atoms with Gasteiger partial charge in [-0.05, 0) is 17.7 Å². The average Bonchev–Trinajstić information content (AvgIpc) is 2.17. The van der Waals surface area contributed by atoms with Gasteiger partial charge < -0.3 is 19.8 Å². The number of hydrogen-bond acceptors (Lipinski definition) is 7. The molecule has 0 aliphatic carbocycles. The Kier molecular flexibility index (Phi) is 3.98. The van der Waals surface area contributed by atoms with Crippen molar-refractivity contribution in [3.8, 4) is 0 Å². The fourth-order valence-electron chi connectivity index (χ4n) is 0.954. The number of thiol groups is 1. The summed E-state index contributed by atoms with van der Waals surface area (Å²) < 4.78 is 0. The van der Waals surface area contributed by atoms with Crippen molar-refractivity contribution in [2.24, 2.45) is 0 Å². The van der Waals surface area contributed by atoms with E-state index in [4.69, 9.17) is 0 Å². The number of pyridine rings is 1. The zero-order valence-electron chi connectivity index (χ0n) is 7.30. The third-order valence-electron chi connectivity index (χ3n) is 1.53. The molecule has 0 amide bonds. The van der Waals surface area contributed by atoms with Crippen molar-refractivity contribution >= 4 is 34.4 Å². The molecule has 1 aromatic rings. The molecule has 0 aliphatic rings. The Bertz CT molecular complexity index is 375. The summed E-state index contributed by atoms with van der Waals surface area (Å²) in [4.78, 5) is 24.4. The van der Waals surface area contributed by atoms with Gasteiger partial charge in [-0.25, -0.2) is 4.98 Å². The van der Waals surface area contributed by atoms with Gasteiger partial charge in [0.1, 0.15) is 0 Å². The Hall–Kier alpha value is -1.21. The minimum atomic E-state index is -1.52. The van der Waals surface area contributed by atoms with Crippen LogP contribution in [0.3, 0.4) is 0 Å². The topological polar surface area (TPSA) is 93.1 Å². The number of aromatic carboxylic acids is 2. The van der Waals surface area contributed by atoms with E-state index in [9.17, 15) is 19.8 Å². The minimum absolute atomic E-state index is 0.367. The van der Waals surface area contributed by atoms with E-state index in [2.05, 4.69) is 16.6 Å². The number of carbonyl (C=O) groups excluding carboxylic acids is 2. The Morgan fingerprint density at radius 3 is 2.07 bits per heavy atom. The van der Waals surface area contributed by atoms with Crippen molar-refractivity contribution in [1.82, 2.24) is 4.98 Å². The third kappa shape index (κ3) is 3.14. The van der Waals surface area contributed by atoms with Gasteiger partial charge in [-0.3, -0.25) is 0 Å². The predicted octanol–water partition coefficient (Wildman–Crippen LogP) is -1.11. The number of hydrogen-bond donors (Lipinski definition) is 1. The highest BCUT2D eigenvalue weighted by Crippen LogP contribution is 2.16. The molecule has 0 aromatic carbocycles. The summed E-state index contributed by atoms with van der Waals surface area (Å²) in [6.45, 7) is 0. The molecule has 0 spiro atoms. The number of aromatic nitrogens is 1. The maximum atomic E-state index is 10.5. The lowest BCUT2D eigenvalue weighted by Crippen LogP contribution is -2.28. The second-order valence-corrected chi connectivity index (χ2v) is 3.92. The quantitative estimate of drug-likeness (QED) is 0.532. The van der Waals surface area contributed by atoms with Crippen molar-refractivity contribution in [3.63, 3.8) is 0 Å². The van der Waals surface area contributed by atoms with E-state index >= 15 is 0 Å². The molecule has 0 saturated carbocycles. The maximum absolute atomic E-state index is 10.5. The summed E-state index contributed by atoms with van der Waals surface area (Å²) in [6, 6.07) is 2.48. The molecule has 0 unspecified atom stereocenters. The first-order chi connectivity index (χ1) is 7.04. The average molecular weight is 243 g/mol. The number of rotatable bonds is 4. The van der Waals surface area contributed by atoms with Gasteiger partial charge in [-0.15, -0.1) is 11.7 Å². The van der Waals surface area contributed by atoms with E-state index in [0.29, 0.717) is 11.3 Å². The van der Waals surface area contributed by atoms with Crippen molar-refractivity contribution in [3.05, 3.63) is 29.1 Å². The number of carboxylic acid groups (broad SMARTS) is 2. The molecule has 0 saturated heterocycles. The fraction of sp³-hybridized carbons (Fsp3) is 0.125. The first-order valence-corrected chi connectivity index (χ1v) is 5.78. The van der Waals surface area contributed by atoms with Crippen LogP contribution in [0.1, 0.15) is 26.5 Å². The van der Waals surface area contributed by atoms with E-state index in [-0.39, 0.29) is 0 Å². The molecule has 0 fully saturated rings. The zero-order chi connectivity index (χ0) is 11.4. The summed E-state index contributed by atoms with van der Waals surface area (Å²) in [6.07, 6.45) is 0. The van der Waals surface area contributed by atoms with Gasteiger partial charge in [-0.1, -0.05) is 10.8 Å². The van der Waals surface area contributed by atoms with Crippen LogP contribution in [0.15, 0.2) is 12.1 Å². The molecule has 0 atom stereocenters. The van der Waals surface area contributed by atoms with E-state index in [1.165, 1.54) is 12.1 Å². The van der Waals surface area contributed by atoms with E-state index in [1.54, 1.807) is 0 Å². The van der Waals surface area contributed by atoms with Crippen LogP contribution >= 0.6 is 22.5 Å². The van der Waals surface area contributed by atoms with Crippen LogP contribution in [-0.4, -0.2) is 16.9 Å². The van der Waals surface area contributed by atoms with Crippen LogP contribution in [0.5, 0.6) is 0 Å². The lowest BCUT2D eigenvalue weighted by atomic mass is 10.2. The van der Waals surface area contributed by atoms with E-state index in [0.717, 1.165) is 10.8 Å². The highest BCUT2D eigenvalue weighted by atomic mass is 33.1. The standard InChI is InChI=1S/C8H7NO4S2/c10-7(11)5-1-4(3-15-14)2-6(9-5)8(12)13/h1-2,14H,3H2,(H,10,11)(H,12,13)/p-2. The lowest BCUT2D eigenvalue weighted by molar-refractivity contribution is -0.255. The second-order valence-electron chi connectivity index (χ2n) is 2.59. The molecule has 1 rings (SSSR count). The number of carbonyl (C=O) groups is 2. The summed E-state index contributed by atoms with van der Waals surface area (Å²) in [7, 11) is 1.14. The molecule has 5 nitrogen and oxygen atoms in total. The fourth-order valence-corrected chi connectivity index (χ4v) is 1.72. The highest BCUT2D eigenvalue weighted by molar-refractivity contribution is 8.68. The summed E-state index contributed by atoms with van der Waals surface area (Å²) >= 11 is 3.87. The van der Waals surface area contributed by atoms with Crippen LogP contribution < -0.4 is 10.2 Å². The van der Waals surface area contributed by atoms with Crippen LogP contribution in [0.2, 0.25) is 0 Å². The summed E-state index contributed by atoms with van der Waals surface area (Å²) in [5.74, 6) is -2.68. The molecule has 0 radical (unpaired) electrons. The van der Waals surface area contributed by atoms with Gasteiger partial charge in [-0.2, -0.15) is 0 Å². The molecule has 7 heteroatoms. The van der Waals surface area contributed by atoms with Crippen LogP contribution in [0, 0.1) is 0 Å². The monoisotopic (exact) mass is 243 g/mol. The molecule has 80 valence electrons.